The molecule has 2 rings (SSSR count). The van der Waals surface area contributed by atoms with Gasteiger partial charge in [-0.2, -0.15) is 0 Å². The number of hydrogen-bond acceptors (Lipinski definition) is 2. The van der Waals surface area contributed by atoms with Gasteiger partial charge in [0.2, 0.25) is 0 Å². The van der Waals surface area contributed by atoms with Crippen molar-refractivity contribution >= 4 is 46.4 Å². The molecule has 0 atom stereocenters. The summed E-state index contributed by atoms with van der Waals surface area (Å²) in [5, 5.41) is 20.6. The molecule has 0 saturated heterocycles. The Hall–Kier alpha value is -0.800. The summed E-state index contributed by atoms with van der Waals surface area (Å²) < 4.78 is 0. The molecular weight excluding hydrogens is 318 g/mol. The zero-order valence-electron chi connectivity index (χ0n) is 8.72. The number of aromatic hydroxyl groups is 2. The molecule has 2 aromatic carbocycles. The fourth-order valence-electron chi connectivity index (χ4n) is 1.50. The molecule has 2 nitrogen and oxygen atoms in total. The van der Waals surface area contributed by atoms with Crippen LogP contribution in [0, 0.1) is 0 Å². The Balaban J connectivity index is 2.69. The lowest BCUT2D eigenvalue weighted by atomic mass is 10.0. The topological polar surface area (TPSA) is 40.5 Å². The molecule has 2 aromatic rings. The summed E-state index contributed by atoms with van der Waals surface area (Å²) in [6.07, 6.45) is 0. The van der Waals surface area contributed by atoms with Gasteiger partial charge in [0.1, 0.15) is 11.5 Å². The van der Waals surface area contributed by atoms with E-state index in [0.29, 0.717) is 11.1 Å². The first-order chi connectivity index (χ1) is 8.40. The summed E-state index contributed by atoms with van der Waals surface area (Å²) in [6, 6.07) is 5.47. The molecule has 0 aliphatic heterocycles. The fraction of sp³-hybridized carbons (Fsp3) is 0. The van der Waals surface area contributed by atoms with Crippen LogP contribution in [0.4, 0.5) is 0 Å². The Morgan fingerprint density at radius 3 is 1.17 bits per heavy atom. The Morgan fingerprint density at radius 1 is 0.556 bits per heavy atom. The number of hydrogen-bond donors (Lipinski definition) is 2. The zero-order chi connectivity index (χ0) is 13.4. The van der Waals surface area contributed by atoms with Crippen LogP contribution in [0.3, 0.4) is 0 Å². The van der Waals surface area contributed by atoms with Crippen LogP contribution in [-0.2, 0) is 0 Å². The second-order valence-corrected chi connectivity index (χ2v) is 5.20. The lowest BCUT2D eigenvalue weighted by Gasteiger charge is -2.10. The van der Waals surface area contributed by atoms with Gasteiger partial charge in [0.15, 0.2) is 0 Å². The second-order valence-electron chi connectivity index (χ2n) is 3.57. The molecule has 0 aromatic heterocycles. The van der Waals surface area contributed by atoms with E-state index in [2.05, 4.69) is 0 Å². The van der Waals surface area contributed by atoms with Crippen molar-refractivity contribution in [3.63, 3.8) is 0 Å². The third-order valence-electron chi connectivity index (χ3n) is 2.37. The van der Waals surface area contributed by atoms with Crippen LogP contribution in [0.1, 0.15) is 0 Å². The van der Waals surface area contributed by atoms with E-state index in [1.165, 1.54) is 24.3 Å². The molecule has 0 fully saturated rings. The van der Waals surface area contributed by atoms with Crippen molar-refractivity contribution in [3.05, 3.63) is 44.4 Å². The SMILES string of the molecule is Oc1cc(Cl)c(Cl)cc1-c1cc(Cl)c(Cl)cc1O. The molecule has 0 saturated carbocycles. The van der Waals surface area contributed by atoms with Crippen LogP contribution in [0.25, 0.3) is 11.1 Å². The lowest BCUT2D eigenvalue weighted by molar-refractivity contribution is 0.469. The number of rotatable bonds is 1. The normalized spacial score (nSPS) is 10.7. The average molecular weight is 324 g/mol. The summed E-state index contributed by atoms with van der Waals surface area (Å²) in [4.78, 5) is 0. The Kier molecular flexibility index (Phi) is 3.83. The zero-order valence-corrected chi connectivity index (χ0v) is 11.7. The Morgan fingerprint density at radius 2 is 0.833 bits per heavy atom. The van der Waals surface area contributed by atoms with Gasteiger partial charge in [-0.25, -0.2) is 0 Å². The number of benzene rings is 2. The fourth-order valence-corrected chi connectivity index (χ4v) is 2.15. The quantitative estimate of drug-likeness (QED) is 0.739. The van der Waals surface area contributed by atoms with Crippen molar-refractivity contribution in [2.75, 3.05) is 0 Å². The van der Waals surface area contributed by atoms with Crippen molar-refractivity contribution in [1.82, 2.24) is 0 Å². The molecule has 2 N–H and O–H groups in total. The van der Waals surface area contributed by atoms with E-state index >= 15 is 0 Å². The molecule has 18 heavy (non-hydrogen) atoms. The highest BCUT2D eigenvalue weighted by atomic mass is 35.5. The van der Waals surface area contributed by atoms with Crippen LogP contribution in [0.2, 0.25) is 20.1 Å². The summed E-state index contributed by atoms with van der Waals surface area (Å²) in [6.45, 7) is 0. The summed E-state index contributed by atoms with van der Waals surface area (Å²) in [5.41, 5.74) is 0.640. The van der Waals surface area contributed by atoms with Crippen molar-refractivity contribution in [2.45, 2.75) is 0 Å². The molecule has 94 valence electrons. The van der Waals surface area contributed by atoms with E-state index in [1.54, 1.807) is 0 Å². The number of phenolic OH excluding ortho intramolecular Hbond substituents is 2. The third kappa shape index (κ3) is 2.47. The summed E-state index contributed by atoms with van der Waals surface area (Å²) in [7, 11) is 0. The minimum atomic E-state index is -0.113. The summed E-state index contributed by atoms with van der Waals surface area (Å²) >= 11 is 23.3. The van der Waals surface area contributed by atoms with Crippen molar-refractivity contribution in [2.24, 2.45) is 0 Å². The second kappa shape index (κ2) is 5.06. The highest BCUT2D eigenvalue weighted by Gasteiger charge is 2.14. The maximum Gasteiger partial charge on any atom is 0.125 e. The molecule has 0 aliphatic carbocycles. The molecule has 0 amide bonds. The standard InChI is InChI=1S/C12H6Cl4O2/c13-7-1-5(11(17)3-9(7)15)6-2-8(14)10(16)4-12(6)18/h1-4,17-18H. The minimum Gasteiger partial charge on any atom is -0.507 e. The lowest BCUT2D eigenvalue weighted by Crippen LogP contribution is -1.83. The molecule has 0 bridgehead atoms. The van der Waals surface area contributed by atoms with E-state index in [1.807, 2.05) is 0 Å². The third-order valence-corrected chi connectivity index (χ3v) is 3.81. The first kappa shape index (κ1) is 13.6. The molecular formula is C12H6Cl4O2. The van der Waals surface area contributed by atoms with Crippen LogP contribution >= 0.6 is 46.4 Å². The highest BCUT2D eigenvalue weighted by molar-refractivity contribution is 6.43. The molecule has 0 heterocycles. The monoisotopic (exact) mass is 322 g/mol. The van der Waals surface area contributed by atoms with Crippen molar-refractivity contribution in [3.8, 4) is 22.6 Å². The van der Waals surface area contributed by atoms with Gasteiger partial charge in [-0.15, -0.1) is 0 Å². The van der Waals surface area contributed by atoms with Crippen LogP contribution in [-0.4, -0.2) is 10.2 Å². The highest BCUT2D eigenvalue weighted by Crippen LogP contribution is 2.42. The predicted octanol–water partition coefficient (Wildman–Crippen LogP) is 5.38. The van der Waals surface area contributed by atoms with Gasteiger partial charge in [-0.3, -0.25) is 0 Å². The Labute approximate surface area is 123 Å². The van der Waals surface area contributed by atoms with E-state index in [-0.39, 0.29) is 31.6 Å². The smallest absolute Gasteiger partial charge is 0.125 e. The number of halogens is 4. The van der Waals surface area contributed by atoms with Gasteiger partial charge in [0.05, 0.1) is 20.1 Å². The van der Waals surface area contributed by atoms with Crippen molar-refractivity contribution < 1.29 is 10.2 Å². The van der Waals surface area contributed by atoms with E-state index in [9.17, 15) is 10.2 Å². The van der Waals surface area contributed by atoms with Gasteiger partial charge in [-0.1, -0.05) is 46.4 Å². The van der Waals surface area contributed by atoms with Crippen LogP contribution in [0.5, 0.6) is 11.5 Å². The van der Waals surface area contributed by atoms with Gasteiger partial charge < -0.3 is 10.2 Å². The van der Waals surface area contributed by atoms with E-state index in [0.717, 1.165) is 0 Å². The average Bonchev–Trinajstić information content (AvgIpc) is 2.29. The van der Waals surface area contributed by atoms with Gasteiger partial charge >= 0.3 is 0 Å². The number of phenols is 2. The molecule has 0 radical (unpaired) electrons. The van der Waals surface area contributed by atoms with E-state index in [4.69, 9.17) is 46.4 Å². The maximum atomic E-state index is 9.82. The van der Waals surface area contributed by atoms with Crippen LogP contribution < -0.4 is 0 Å². The molecule has 0 unspecified atom stereocenters. The predicted molar refractivity (Wildman–Crippen MR) is 75.2 cm³/mol. The molecule has 0 spiro atoms. The van der Waals surface area contributed by atoms with Gasteiger partial charge in [0.25, 0.3) is 0 Å². The van der Waals surface area contributed by atoms with E-state index < -0.39 is 0 Å². The van der Waals surface area contributed by atoms with Gasteiger partial charge in [0, 0.05) is 23.3 Å². The van der Waals surface area contributed by atoms with Crippen LogP contribution in [0.15, 0.2) is 24.3 Å². The first-order valence-electron chi connectivity index (χ1n) is 4.76. The Bertz CT molecular complexity index is 570. The largest absolute Gasteiger partial charge is 0.507 e. The maximum absolute atomic E-state index is 9.82. The summed E-state index contributed by atoms with van der Waals surface area (Å²) in [5.74, 6) is -0.226. The molecule has 0 aliphatic rings. The minimum absolute atomic E-state index is 0.113. The van der Waals surface area contributed by atoms with Crippen molar-refractivity contribution in [1.29, 1.82) is 0 Å². The molecule has 6 heteroatoms. The first-order valence-corrected chi connectivity index (χ1v) is 6.27. The van der Waals surface area contributed by atoms with Gasteiger partial charge in [-0.05, 0) is 12.1 Å².